The summed E-state index contributed by atoms with van der Waals surface area (Å²) in [4.78, 5) is 29.9. The van der Waals surface area contributed by atoms with Crippen LogP contribution in [-0.4, -0.2) is 14.5 Å². The lowest BCUT2D eigenvalue weighted by atomic mass is 10.2. The summed E-state index contributed by atoms with van der Waals surface area (Å²) in [6, 6.07) is 6.47. The van der Waals surface area contributed by atoms with Crippen molar-refractivity contribution in [1.29, 1.82) is 0 Å². The van der Waals surface area contributed by atoms with Gasteiger partial charge in [-0.1, -0.05) is 23.9 Å². The van der Waals surface area contributed by atoms with Crippen LogP contribution >= 0.6 is 23.1 Å². The molecule has 1 aliphatic carbocycles. The number of hydrogen-bond donors (Lipinski definition) is 0. The van der Waals surface area contributed by atoms with E-state index in [-0.39, 0.29) is 11.2 Å². The van der Waals surface area contributed by atoms with Gasteiger partial charge in [0, 0.05) is 29.8 Å². The third-order valence-electron chi connectivity index (χ3n) is 4.42. The molecule has 4 rings (SSSR count). The zero-order valence-electron chi connectivity index (χ0n) is 13.5. The number of benzene rings is 1. The van der Waals surface area contributed by atoms with Gasteiger partial charge in [-0.2, -0.15) is 0 Å². The number of hydrogen-bond acceptors (Lipinski definition) is 6. The maximum absolute atomic E-state index is 12.7. The van der Waals surface area contributed by atoms with Gasteiger partial charge in [0.15, 0.2) is 5.16 Å². The predicted octanol–water partition coefficient (Wildman–Crippen LogP) is 3.68. The number of nitrogens with zero attached hydrogens (tertiary/aromatic N) is 3. The van der Waals surface area contributed by atoms with E-state index in [9.17, 15) is 14.9 Å². The first-order valence-corrected chi connectivity index (χ1v) is 9.72. The number of rotatable bonds is 4. The Labute approximate surface area is 151 Å². The first-order valence-electron chi connectivity index (χ1n) is 7.92. The number of aryl methyl sites for hydroxylation is 2. The molecule has 128 valence electrons. The van der Waals surface area contributed by atoms with Gasteiger partial charge >= 0.3 is 0 Å². The molecule has 2 aromatic heterocycles. The number of aromatic nitrogens is 2. The maximum atomic E-state index is 12.7. The summed E-state index contributed by atoms with van der Waals surface area (Å²) in [7, 11) is 1.76. The smallest absolute Gasteiger partial charge is 0.269 e. The minimum absolute atomic E-state index is 0.0237. The van der Waals surface area contributed by atoms with Crippen molar-refractivity contribution >= 4 is 39.0 Å². The molecular weight excluding hydrogens is 358 g/mol. The number of nitro benzene ring substituents is 1. The molecule has 25 heavy (non-hydrogen) atoms. The first-order chi connectivity index (χ1) is 12.0. The fourth-order valence-corrected chi connectivity index (χ4v) is 5.33. The molecule has 1 aliphatic rings. The maximum Gasteiger partial charge on any atom is 0.269 e. The van der Waals surface area contributed by atoms with Crippen molar-refractivity contribution in [2.75, 3.05) is 0 Å². The molecule has 0 atom stereocenters. The van der Waals surface area contributed by atoms with Crippen molar-refractivity contribution in [3.8, 4) is 0 Å². The fourth-order valence-electron chi connectivity index (χ4n) is 3.10. The second kappa shape index (κ2) is 6.27. The molecule has 0 saturated heterocycles. The van der Waals surface area contributed by atoms with Crippen LogP contribution in [0.3, 0.4) is 0 Å². The van der Waals surface area contributed by atoms with Gasteiger partial charge in [-0.05, 0) is 30.4 Å². The molecule has 1 aromatic carbocycles. The standard InChI is InChI=1S/C17H15N3O3S2/c1-19-16(21)14-12-3-2-4-13(12)25-15(14)18-17(19)24-9-10-5-7-11(8-6-10)20(22)23/h5-8H,2-4,9H2,1H3. The lowest BCUT2D eigenvalue weighted by Gasteiger charge is -2.07. The van der Waals surface area contributed by atoms with Crippen molar-refractivity contribution in [3.05, 3.63) is 60.7 Å². The molecule has 0 spiro atoms. The van der Waals surface area contributed by atoms with E-state index in [0.717, 1.165) is 35.0 Å². The largest absolute Gasteiger partial charge is 0.290 e. The van der Waals surface area contributed by atoms with Crippen LogP contribution < -0.4 is 5.56 Å². The number of thioether (sulfide) groups is 1. The third kappa shape index (κ3) is 2.85. The second-order valence-electron chi connectivity index (χ2n) is 6.01. The quantitative estimate of drug-likeness (QED) is 0.302. The van der Waals surface area contributed by atoms with Crippen LogP contribution in [0.15, 0.2) is 34.2 Å². The van der Waals surface area contributed by atoms with Crippen LogP contribution in [-0.2, 0) is 25.6 Å². The van der Waals surface area contributed by atoms with E-state index >= 15 is 0 Å². The van der Waals surface area contributed by atoms with Crippen molar-refractivity contribution in [1.82, 2.24) is 9.55 Å². The van der Waals surface area contributed by atoms with E-state index in [1.54, 1.807) is 35.1 Å². The number of thiophene rings is 1. The number of nitro groups is 1. The molecule has 0 aliphatic heterocycles. The monoisotopic (exact) mass is 373 g/mol. The highest BCUT2D eigenvalue weighted by atomic mass is 32.2. The summed E-state index contributed by atoms with van der Waals surface area (Å²) >= 11 is 3.11. The Balaban J connectivity index is 1.62. The van der Waals surface area contributed by atoms with Crippen LogP contribution in [0.4, 0.5) is 5.69 Å². The molecule has 0 unspecified atom stereocenters. The summed E-state index contributed by atoms with van der Waals surface area (Å²) in [5, 5.41) is 12.2. The van der Waals surface area contributed by atoms with E-state index in [1.165, 1.54) is 34.3 Å². The van der Waals surface area contributed by atoms with E-state index in [0.29, 0.717) is 10.9 Å². The third-order valence-corrected chi connectivity index (χ3v) is 6.71. The highest BCUT2D eigenvalue weighted by Gasteiger charge is 2.22. The molecule has 0 amide bonds. The Morgan fingerprint density at radius 2 is 2.08 bits per heavy atom. The van der Waals surface area contributed by atoms with Gasteiger partial charge in [-0.15, -0.1) is 11.3 Å². The first kappa shape index (κ1) is 16.3. The van der Waals surface area contributed by atoms with Crippen molar-refractivity contribution in [2.45, 2.75) is 30.2 Å². The Hall–Kier alpha value is -2.19. The van der Waals surface area contributed by atoms with Gasteiger partial charge in [0.25, 0.3) is 11.2 Å². The fraction of sp³-hybridized carbons (Fsp3) is 0.294. The summed E-state index contributed by atoms with van der Waals surface area (Å²) in [6.45, 7) is 0. The average molecular weight is 373 g/mol. The lowest BCUT2D eigenvalue weighted by molar-refractivity contribution is -0.384. The Bertz CT molecular complexity index is 1040. The SMILES string of the molecule is Cn1c(SCc2ccc([N+](=O)[O-])cc2)nc2sc3c(c2c1=O)CCC3. The molecule has 0 saturated carbocycles. The van der Waals surface area contributed by atoms with Crippen LogP contribution in [0.2, 0.25) is 0 Å². The lowest BCUT2D eigenvalue weighted by Crippen LogP contribution is -2.20. The zero-order valence-corrected chi connectivity index (χ0v) is 15.2. The average Bonchev–Trinajstić information content (AvgIpc) is 3.17. The second-order valence-corrected chi connectivity index (χ2v) is 8.03. The van der Waals surface area contributed by atoms with Gasteiger partial charge in [0.2, 0.25) is 0 Å². The molecule has 0 radical (unpaired) electrons. The molecule has 8 heteroatoms. The number of non-ortho nitro benzene ring substituents is 1. The summed E-state index contributed by atoms with van der Waals surface area (Å²) < 4.78 is 1.61. The Morgan fingerprint density at radius 3 is 2.80 bits per heavy atom. The zero-order chi connectivity index (χ0) is 17.6. The number of fused-ring (bicyclic) bond motifs is 3. The van der Waals surface area contributed by atoms with E-state index in [4.69, 9.17) is 4.98 Å². The van der Waals surface area contributed by atoms with Crippen LogP contribution in [0, 0.1) is 10.1 Å². The van der Waals surface area contributed by atoms with Gasteiger partial charge in [0.05, 0.1) is 10.3 Å². The van der Waals surface area contributed by atoms with Gasteiger partial charge in [0.1, 0.15) is 4.83 Å². The molecule has 0 fully saturated rings. The molecule has 3 aromatic rings. The minimum Gasteiger partial charge on any atom is -0.290 e. The molecular formula is C17H15N3O3S2. The van der Waals surface area contributed by atoms with Crippen molar-refractivity contribution in [2.24, 2.45) is 7.05 Å². The molecule has 2 heterocycles. The van der Waals surface area contributed by atoms with Crippen LogP contribution in [0.5, 0.6) is 0 Å². The highest BCUT2D eigenvalue weighted by molar-refractivity contribution is 7.98. The summed E-state index contributed by atoms with van der Waals surface area (Å²) in [5.41, 5.74) is 2.25. The van der Waals surface area contributed by atoms with Gasteiger partial charge in [-0.3, -0.25) is 19.5 Å². The van der Waals surface area contributed by atoms with Crippen molar-refractivity contribution in [3.63, 3.8) is 0 Å². The molecule has 6 nitrogen and oxygen atoms in total. The van der Waals surface area contributed by atoms with E-state index in [2.05, 4.69) is 0 Å². The van der Waals surface area contributed by atoms with E-state index in [1.807, 2.05) is 0 Å². The Morgan fingerprint density at radius 1 is 1.32 bits per heavy atom. The molecule has 0 bridgehead atoms. The molecule has 0 N–H and O–H groups in total. The van der Waals surface area contributed by atoms with E-state index < -0.39 is 4.92 Å². The van der Waals surface area contributed by atoms with Crippen LogP contribution in [0.25, 0.3) is 10.2 Å². The van der Waals surface area contributed by atoms with Crippen molar-refractivity contribution < 1.29 is 4.92 Å². The van der Waals surface area contributed by atoms with Gasteiger partial charge in [-0.25, -0.2) is 4.98 Å². The highest BCUT2D eigenvalue weighted by Crippen LogP contribution is 2.35. The summed E-state index contributed by atoms with van der Waals surface area (Å²) in [5.74, 6) is 0.606. The minimum atomic E-state index is -0.411. The Kier molecular flexibility index (Phi) is 4.09. The van der Waals surface area contributed by atoms with Crippen LogP contribution in [0.1, 0.15) is 22.4 Å². The summed E-state index contributed by atoms with van der Waals surface area (Å²) in [6.07, 6.45) is 3.14. The predicted molar refractivity (Wildman–Crippen MR) is 99.5 cm³/mol. The topological polar surface area (TPSA) is 78.0 Å². The normalized spacial score (nSPS) is 13.3. The van der Waals surface area contributed by atoms with Gasteiger partial charge < -0.3 is 0 Å².